The van der Waals surface area contributed by atoms with Crippen LogP contribution in [0.5, 0.6) is 0 Å². The molecule has 2 heteroatoms. The monoisotopic (exact) mass is 235 g/mol. The molecule has 0 spiro atoms. The molecule has 17 heavy (non-hydrogen) atoms. The molecule has 0 fully saturated rings. The Labute approximate surface area is 105 Å². The summed E-state index contributed by atoms with van der Waals surface area (Å²) in [4.78, 5) is 0. The molecule has 0 bridgehead atoms. The summed E-state index contributed by atoms with van der Waals surface area (Å²) in [6, 6.07) is 10.8. The molecule has 0 amide bonds. The third-order valence-electron chi connectivity index (χ3n) is 3.44. The molecule has 2 nitrogen and oxygen atoms in total. The maximum absolute atomic E-state index is 10.1. The molecule has 1 aromatic carbocycles. The van der Waals surface area contributed by atoms with Gasteiger partial charge in [0.1, 0.15) is 0 Å². The lowest BCUT2D eigenvalue weighted by molar-refractivity contribution is 0.0122. The molecule has 1 rings (SSSR count). The van der Waals surface area contributed by atoms with Crippen LogP contribution in [0.4, 0.5) is 0 Å². The van der Waals surface area contributed by atoms with Crippen LogP contribution in [0.2, 0.25) is 0 Å². The van der Waals surface area contributed by atoms with E-state index in [1.807, 2.05) is 26.8 Å². The molecule has 0 aliphatic carbocycles. The van der Waals surface area contributed by atoms with Gasteiger partial charge >= 0.3 is 0 Å². The molecule has 0 radical (unpaired) electrons. The predicted molar refractivity (Wildman–Crippen MR) is 73.1 cm³/mol. The third kappa shape index (κ3) is 4.88. The highest BCUT2D eigenvalue weighted by molar-refractivity contribution is 5.15. The quantitative estimate of drug-likeness (QED) is 0.794. The Morgan fingerprint density at radius 3 is 2.29 bits per heavy atom. The van der Waals surface area contributed by atoms with Crippen molar-refractivity contribution in [2.45, 2.75) is 45.8 Å². The van der Waals surface area contributed by atoms with Crippen molar-refractivity contribution >= 4 is 0 Å². The summed E-state index contributed by atoms with van der Waals surface area (Å²) in [5.41, 5.74) is 0.696. The summed E-state index contributed by atoms with van der Waals surface area (Å²) in [6.07, 6.45) is 0.995. The minimum atomic E-state index is -0.634. The molecule has 0 aliphatic rings. The SMILES string of the molecule is CC(Cc1ccccc1)NCC(C)(O)C(C)C. The van der Waals surface area contributed by atoms with Gasteiger partial charge in [-0.2, -0.15) is 0 Å². The van der Waals surface area contributed by atoms with Crippen LogP contribution in [-0.2, 0) is 6.42 Å². The van der Waals surface area contributed by atoms with Gasteiger partial charge < -0.3 is 10.4 Å². The Morgan fingerprint density at radius 1 is 1.18 bits per heavy atom. The predicted octanol–water partition coefficient (Wildman–Crippen LogP) is 2.61. The topological polar surface area (TPSA) is 32.3 Å². The Balaban J connectivity index is 2.38. The van der Waals surface area contributed by atoms with Crippen molar-refractivity contribution in [2.75, 3.05) is 6.54 Å². The fourth-order valence-electron chi connectivity index (χ4n) is 1.62. The second-order valence-corrected chi connectivity index (χ2v) is 5.48. The average molecular weight is 235 g/mol. The Kier molecular flexibility index (Phi) is 5.16. The van der Waals surface area contributed by atoms with Gasteiger partial charge in [0.15, 0.2) is 0 Å². The molecule has 0 aromatic heterocycles. The van der Waals surface area contributed by atoms with Crippen molar-refractivity contribution in [3.05, 3.63) is 35.9 Å². The zero-order valence-corrected chi connectivity index (χ0v) is 11.4. The number of aliphatic hydroxyl groups is 1. The van der Waals surface area contributed by atoms with Crippen molar-refractivity contribution in [1.82, 2.24) is 5.32 Å². The van der Waals surface area contributed by atoms with Gasteiger partial charge in [-0.25, -0.2) is 0 Å². The third-order valence-corrected chi connectivity index (χ3v) is 3.44. The van der Waals surface area contributed by atoms with E-state index in [4.69, 9.17) is 0 Å². The van der Waals surface area contributed by atoms with E-state index in [9.17, 15) is 5.11 Å². The minimum absolute atomic E-state index is 0.263. The molecule has 2 unspecified atom stereocenters. The Morgan fingerprint density at radius 2 is 1.76 bits per heavy atom. The summed E-state index contributed by atoms with van der Waals surface area (Å²) < 4.78 is 0. The van der Waals surface area contributed by atoms with Gasteiger partial charge in [-0.15, -0.1) is 0 Å². The Hall–Kier alpha value is -0.860. The highest BCUT2D eigenvalue weighted by Gasteiger charge is 2.24. The van der Waals surface area contributed by atoms with Gasteiger partial charge in [0.2, 0.25) is 0 Å². The molecule has 0 heterocycles. The molecule has 1 aromatic rings. The molecule has 2 atom stereocenters. The standard InChI is InChI=1S/C15H25NO/c1-12(2)15(4,17)11-16-13(3)10-14-8-6-5-7-9-14/h5-9,12-13,16-17H,10-11H2,1-4H3. The number of benzene rings is 1. The lowest BCUT2D eigenvalue weighted by Crippen LogP contribution is -2.45. The van der Waals surface area contributed by atoms with Gasteiger partial charge in [-0.1, -0.05) is 44.2 Å². The fraction of sp³-hybridized carbons (Fsp3) is 0.600. The first kappa shape index (κ1) is 14.2. The van der Waals surface area contributed by atoms with Gasteiger partial charge in [0, 0.05) is 12.6 Å². The lowest BCUT2D eigenvalue weighted by atomic mass is 9.92. The van der Waals surface area contributed by atoms with Crippen LogP contribution in [0, 0.1) is 5.92 Å². The number of hydrogen-bond donors (Lipinski definition) is 2. The summed E-state index contributed by atoms with van der Waals surface area (Å²) in [7, 11) is 0. The number of rotatable bonds is 6. The average Bonchev–Trinajstić information content (AvgIpc) is 2.28. The van der Waals surface area contributed by atoms with E-state index in [-0.39, 0.29) is 5.92 Å². The van der Waals surface area contributed by atoms with Crippen LogP contribution in [0.15, 0.2) is 30.3 Å². The normalized spacial score (nSPS) is 16.8. The zero-order chi connectivity index (χ0) is 12.9. The van der Waals surface area contributed by atoms with E-state index >= 15 is 0 Å². The van der Waals surface area contributed by atoms with Crippen molar-refractivity contribution in [1.29, 1.82) is 0 Å². The number of hydrogen-bond acceptors (Lipinski definition) is 2. The maximum Gasteiger partial charge on any atom is 0.0766 e. The summed E-state index contributed by atoms with van der Waals surface area (Å²) in [5.74, 6) is 0.263. The molecular weight excluding hydrogens is 210 g/mol. The van der Waals surface area contributed by atoms with Crippen LogP contribution >= 0.6 is 0 Å². The summed E-state index contributed by atoms with van der Waals surface area (Å²) >= 11 is 0. The van der Waals surface area contributed by atoms with Gasteiger partial charge in [-0.3, -0.25) is 0 Å². The first-order valence-corrected chi connectivity index (χ1v) is 6.41. The fourth-order valence-corrected chi connectivity index (χ4v) is 1.62. The van der Waals surface area contributed by atoms with E-state index in [1.165, 1.54) is 5.56 Å². The molecule has 2 N–H and O–H groups in total. The second kappa shape index (κ2) is 6.18. The second-order valence-electron chi connectivity index (χ2n) is 5.48. The lowest BCUT2D eigenvalue weighted by Gasteiger charge is -2.29. The molecule has 0 aliphatic heterocycles. The van der Waals surface area contributed by atoms with Crippen molar-refractivity contribution in [3.8, 4) is 0 Å². The zero-order valence-electron chi connectivity index (χ0n) is 11.4. The maximum atomic E-state index is 10.1. The highest BCUT2D eigenvalue weighted by Crippen LogP contribution is 2.15. The highest BCUT2D eigenvalue weighted by atomic mass is 16.3. The Bertz CT molecular complexity index is 319. The van der Waals surface area contributed by atoms with Crippen LogP contribution in [0.1, 0.15) is 33.3 Å². The van der Waals surface area contributed by atoms with E-state index in [2.05, 4.69) is 36.5 Å². The minimum Gasteiger partial charge on any atom is -0.389 e. The largest absolute Gasteiger partial charge is 0.389 e. The van der Waals surface area contributed by atoms with Gasteiger partial charge in [0.05, 0.1) is 5.60 Å². The van der Waals surface area contributed by atoms with Crippen LogP contribution in [-0.4, -0.2) is 23.3 Å². The molecular formula is C15H25NO. The van der Waals surface area contributed by atoms with E-state index in [0.717, 1.165) is 6.42 Å². The molecule has 0 saturated heterocycles. The van der Waals surface area contributed by atoms with Crippen LogP contribution in [0.25, 0.3) is 0 Å². The molecule has 96 valence electrons. The summed E-state index contributed by atoms with van der Waals surface area (Å²) in [6.45, 7) is 8.77. The van der Waals surface area contributed by atoms with Gasteiger partial charge in [-0.05, 0) is 31.7 Å². The first-order valence-electron chi connectivity index (χ1n) is 6.41. The van der Waals surface area contributed by atoms with E-state index in [0.29, 0.717) is 12.6 Å². The summed E-state index contributed by atoms with van der Waals surface area (Å²) in [5, 5.41) is 13.5. The van der Waals surface area contributed by atoms with E-state index < -0.39 is 5.60 Å². The van der Waals surface area contributed by atoms with Crippen molar-refractivity contribution in [3.63, 3.8) is 0 Å². The van der Waals surface area contributed by atoms with Crippen molar-refractivity contribution < 1.29 is 5.11 Å². The van der Waals surface area contributed by atoms with Gasteiger partial charge in [0.25, 0.3) is 0 Å². The first-order chi connectivity index (χ1) is 7.92. The smallest absolute Gasteiger partial charge is 0.0766 e. The molecule has 0 saturated carbocycles. The number of nitrogens with one attached hydrogen (secondary N) is 1. The van der Waals surface area contributed by atoms with Crippen LogP contribution < -0.4 is 5.32 Å². The van der Waals surface area contributed by atoms with Crippen LogP contribution in [0.3, 0.4) is 0 Å². The van der Waals surface area contributed by atoms with E-state index in [1.54, 1.807) is 0 Å². The van der Waals surface area contributed by atoms with Crippen molar-refractivity contribution in [2.24, 2.45) is 5.92 Å².